The minimum atomic E-state index is 0.0127. The molecule has 0 aliphatic carbocycles. The molecule has 2 N–H and O–H groups in total. The number of benzene rings is 1. The first-order chi connectivity index (χ1) is 7.79. The second-order valence-corrected chi connectivity index (χ2v) is 4.61. The van der Waals surface area contributed by atoms with E-state index < -0.39 is 0 Å². The van der Waals surface area contributed by atoms with Gasteiger partial charge in [-0.25, -0.2) is 4.98 Å². The lowest BCUT2D eigenvalue weighted by molar-refractivity contribution is 0.702. The second-order valence-electron chi connectivity index (χ2n) is 3.89. The van der Waals surface area contributed by atoms with Crippen LogP contribution in [0.2, 0.25) is 0 Å². The fourth-order valence-corrected chi connectivity index (χ4v) is 2.29. The normalized spacial score (nSPS) is 12.6. The van der Waals surface area contributed by atoms with E-state index in [0.717, 1.165) is 18.5 Å². The van der Waals surface area contributed by atoms with Gasteiger partial charge in [0, 0.05) is 5.38 Å². The summed E-state index contributed by atoms with van der Waals surface area (Å²) in [6.07, 6.45) is 1.94. The van der Waals surface area contributed by atoms with Crippen LogP contribution in [0.1, 0.15) is 29.8 Å². The SMILES string of the molecule is CCc1ccc(CC(N)c2cscn2)cc1. The van der Waals surface area contributed by atoms with Crippen LogP contribution < -0.4 is 5.73 Å². The molecule has 1 heterocycles. The van der Waals surface area contributed by atoms with E-state index in [1.165, 1.54) is 11.1 Å². The molecule has 2 nitrogen and oxygen atoms in total. The minimum Gasteiger partial charge on any atom is -0.322 e. The molecule has 1 aromatic heterocycles. The lowest BCUT2D eigenvalue weighted by Gasteiger charge is -2.09. The van der Waals surface area contributed by atoms with Crippen LogP contribution >= 0.6 is 11.3 Å². The van der Waals surface area contributed by atoms with Crippen LogP contribution in [0.4, 0.5) is 0 Å². The van der Waals surface area contributed by atoms with Gasteiger partial charge < -0.3 is 5.73 Å². The maximum Gasteiger partial charge on any atom is 0.0795 e. The maximum atomic E-state index is 6.09. The molecule has 0 spiro atoms. The van der Waals surface area contributed by atoms with Crippen molar-refractivity contribution in [2.75, 3.05) is 0 Å². The van der Waals surface area contributed by atoms with Crippen molar-refractivity contribution < 1.29 is 0 Å². The average Bonchev–Trinajstić information content (AvgIpc) is 2.83. The third-order valence-electron chi connectivity index (χ3n) is 2.72. The van der Waals surface area contributed by atoms with Gasteiger partial charge in [0.25, 0.3) is 0 Å². The zero-order valence-electron chi connectivity index (χ0n) is 9.39. The van der Waals surface area contributed by atoms with Gasteiger partial charge in [-0.05, 0) is 24.0 Å². The number of nitrogens with two attached hydrogens (primary N) is 1. The van der Waals surface area contributed by atoms with E-state index >= 15 is 0 Å². The third-order valence-corrected chi connectivity index (χ3v) is 3.32. The summed E-state index contributed by atoms with van der Waals surface area (Å²) in [6.45, 7) is 2.16. The number of aryl methyl sites for hydroxylation is 1. The summed E-state index contributed by atoms with van der Waals surface area (Å²) in [5.41, 5.74) is 11.5. The molecule has 0 radical (unpaired) electrons. The van der Waals surface area contributed by atoms with Crippen molar-refractivity contribution in [3.05, 3.63) is 52.0 Å². The Hall–Kier alpha value is -1.19. The Bertz CT molecular complexity index is 420. The van der Waals surface area contributed by atoms with Gasteiger partial charge in [0.2, 0.25) is 0 Å². The Labute approximate surface area is 100 Å². The quantitative estimate of drug-likeness (QED) is 0.880. The highest BCUT2D eigenvalue weighted by Crippen LogP contribution is 2.16. The van der Waals surface area contributed by atoms with E-state index in [1.807, 2.05) is 10.9 Å². The minimum absolute atomic E-state index is 0.0127. The first-order valence-electron chi connectivity index (χ1n) is 5.51. The van der Waals surface area contributed by atoms with Crippen molar-refractivity contribution in [1.29, 1.82) is 0 Å². The molecule has 0 saturated heterocycles. The van der Waals surface area contributed by atoms with E-state index in [0.29, 0.717) is 0 Å². The molecule has 84 valence electrons. The van der Waals surface area contributed by atoms with Crippen molar-refractivity contribution >= 4 is 11.3 Å². The van der Waals surface area contributed by atoms with Crippen LogP contribution in [-0.4, -0.2) is 4.98 Å². The highest BCUT2D eigenvalue weighted by molar-refractivity contribution is 7.07. The molecular formula is C13H16N2S. The lowest BCUT2D eigenvalue weighted by Crippen LogP contribution is -2.13. The standard InChI is InChI=1S/C13H16N2S/c1-2-10-3-5-11(6-4-10)7-12(14)13-8-16-9-15-13/h3-6,8-9,12H,2,7,14H2,1H3. The van der Waals surface area contributed by atoms with Crippen molar-refractivity contribution in [3.63, 3.8) is 0 Å². The van der Waals surface area contributed by atoms with Crippen LogP contribution in [0.25, 0.3) is 0 Å². The monoisotopic (exact) mass is 232 g/mol. The summed E-state index contributed by atoms with van der Waals surface area (Å²) in [4.78, 5) is 4.24. The van der Waals surface area contributed by atoms with Gasteiger partial charge in [-0.15, -0.1) is 11.3 Å². The fraction of sp³-hybridized carbons (Fsp3) is 0.308. The van der Waals surface area contributed by atoms with Gasteiger partial charge in [0.15, 0.2) is 0 Å². The molecule has 0 amide bonds. The number of nitrogens with zero attached hydrogens (tertiary/aromatic N) is 1. The first kappa shape index (κ1) is 11.3. The van der Waals surface area contributed by atoms with Crippen LogP contribution in [-0.2, 0) is 12.8 Å². The highest BCUT2D eigenvalue weighted by atomic mass is 32.1. The Kier molecular flexibility index (Phi) is 3.70. The van der Waals surface area contributed by atoms with E-state index in [1.54, 1.807) is 11.3 Å². The molecular weight excluding hydrogens is 216 g/mol. The van der Waals surface area contributed by atoms with Crippen molar-refractivity contribution in [2.45, 2.75) is 25.8 Å². The number of thiazole rings is 1. The Balaban J connectivity index is 2.03. The maximum absolute atomic E-state index is 6.09. The molecule has 0 fully saturated rings. The van der Waals surface area contributed by atoms with Gasteiger partial charge in [-0.3, -0.25) is 0 Å². The topological polar surface area (TPSA) is 38.9 Å². The Morgan fingerprint density at radius 3 is 2.50 bits per heavy atom. The van der Waals surface area contributed by atoms with E-state index in [4.69, 9.17) is 5.73 Å². The molecule has 3 heteroatoms. The molecule has 0 aliphatic rings. The number of rotatable bonds is 4. The molecule has 0 saturated carbocycles. The van der Waals surface area contributed by atoms with Gasteiger partial charge >= 0.3 is 0 Å². The number of hydrogen-bond donors (Lipinski definition) is 1. The molecule has 2 aromatic rings. The Morgan fingerprint density at radius 1 is 1.25 bits per heavy atom. The summed E-state index contributed by atoms with van der Waals surface area (Å²) in [5.74, 6) is 0. The first-order valence-corrected chi connectivity index (χ1v) is 6.45. The molecule has 2 rings (SSSR count). The Morgan fingerprint density at radius 2 is 1.94 bits per heavy atom. The van der Waals surface area contributed by atoms with Crippen LogP contribution in [0, 0.1) is 0 Å². The van der Waals surface area contributed by atoms with Gasteiger partial charge in [0.1, 0.15) is 0 Å². The zero-order chi connectivity index (χ0) is 11.4. The van der Waals surface area contributed by atoms with Crippen molar-refractivity contribution in [3.8, 4) is 0 Å². The van der Waals surface area contributed by atoms with Crippen LogP contribution in [0.5, 0.6) is 0 Å². The molecule has 0 bridgehead atoms. The summed E-state index contributed by atoms with van der Waals surface area (Å²) in [7, 11) is 0. The fourth-order valence-electron chi connectivity index (χ4n) is 1.67. The molecule has 1 atom stereocenters. The molecule has 0 aliphatic heterocycles. The summed E-state index contributed by atoms with van der Waals surface area (Å²) in [5, 5.41) is 2.02. The number of hydrogen-bond acceptors (Lipinski definition) is 3. The number of aromatic nitrogens is 1. The smallest absolute Gasteiger partial charge is 0.0795 e. The summed E-state index contributed by atoms with van der Waals surface area (Å²) >= 11 is 1.59. The zero-order valence-corrected chi connectivity index (χ0v) is 10.2. The lowest BCUT2D eigenvalue weighted by atomic mass is 10.0. The van der Waals surface area contributed by atoms with Crippen molar-refractivity contribution in [1.82, 2.24) is 4.98 Å². The predicted octanol–water partition coefficient (Wildman–Crippen LogP) is 2.95. The second kappa shape index (κ2) is 5.23. The summed E-state index contributed by atoms with van der Waals surface area (Å²) < 4.78 is 0. The molecule has 16 heavy (non-hydrogen) atoms. The van der Waals surface area contributed by atoms with Gasteiger partial charge in [0.05, 0.1) is 17.2 Å². The highest BCUT2D eigenvalue weighted by Gasteiger charge is 2.08. The summed E-state index contributed by atoms with van der Waals surface area (Å²) in [6, 6.07) is 8.67. The third kappa shape index (κ3) is 2.68. The molecule has 1 aromatic carbocycles. The van der Waals surface area contributed by atoms with E-state index in [9.17, 15) is 0 Å². The van der Waals surface area contributed by atoms with E-state index in [2.05, 4.69) is 36.2 Å². The van der Waals surface area contributed by atoms with E-state index in [-0.39, 0.29) is 6.04 Å². The van der Waals surface area contributed by atoms with Crippen LogP contribution in [0.15, 0.2) is 35.2 Å². The van der Waals surface area contributed by atoms with Crippen LogP contribution in [0.3, 0.4) is 0 Å². The van der Waals surface area contributed by atoms with Gasteiger partial charge in [-0.2, -0.15) is 0 Å². The predicted molar refractivity (Wildman–Crippen MR) is 68.6 cm³/mol. The average molecular weight is 232 g/mol. The molecule has 1 unspecified atom stereocenters. The van der Waals surface area contributed by atoms with Gasteiger partial charge in [-0.1, -0.05) is 31.2 Å². The largest absolute Gasteiger partial charge is 0.322 e. The van der Waals surface area contributed by atoms with Crippen molar-refractivity contribution in [2.24, 2.45) is 5.73 Å².